The van der Waals surface area contributed by atoms with E-state index < -0.39 is 11.6 Å². The van der Waals surface area contributed by atoms with Crippen molar-refractivity contribution in [1.29, 1.82) is 0 Å². The van der Waals surface area contributed by atoms with Crippen molar-refractivity contribution in [2.24, 2.45) is 11.7 Å². The molecule has 0 spiro atoms. The maximum Gasteiger partial charge on any atom is 0.323 e. The van der Waals surface area contributed by atoms with Gasteiger partial charge in [0, 0.05) is 13.0 Å². The topological polar surface area (TPSA) is 81.4 Å². The van der Waals surface area contributed by atoms with E-state index in [-0.39, 0.29) is 24.2 Å². The van der Waals surface area contributed by atoms with Gasteiger partial charge in [-0.15, -0.1) is 0 Å². The first kappa shape index (κ1) is 15.9. The summed E-state index contributed by atoms with van der Waals surface area (Å²) in [5.74, 6) is -0.584. The van der Waals surface area contributed by atoms with Crippen molar-refractivity contribution in [2.45, 2.75) is 52.7 Å². The summed E-state index contributed by atoms with van der Waals surface area (Å²) in [7, 11) is 0. The molecule has 3 N–H and O–H groups in total. The zero-order chi connectivity index (χ0) is 13.6. The number of ether oxygens (including phenoxy) is 1. The summed E-state index contributed by atoms with van der Waals surface area (Å²) in [6, 6.07) is -0.409. The Morgan fingerprint density at radius 3 is 2.18 bits per heavy atom. The van der Waals surface area contributed by atoms with Crippen molar-refractivity contribution < 1.29 is 14.3 Å². The average Bonchev–Trinajstić information content (AvgIpc) is 2.07. The zero-order valence-corrected chi connectivity index (χ0v) is 11.4. The van der Waals surface area contributed by atoms with E-state index >= 15 is 0 Å². The van der Waals surface area contributed by atoms with Gasteiger partial charge in [0.05, 0.1) is 0 Å². The highest BCUT2D eigenvalue weighted by Crippen LogP contribution is 2.12. The molecule has 0 aliphatic carbocycles. The van der Waals surface area contributed by atoms with Crippen LogP contribution in [0.1, 0.15) is 41.0 Å². The number of amides is 1. The number of hydrogen-bond donors (Lipinski definition) is 2. The van der Waals surface area contributed by atoms with Crippen LogP contribution in [0.5, 0.6) is 0 Å². The number of primary amides is 1. The quantitative estimate of drug-likeness (QED) is 0.678. The van der Waals surface area contributed by atoms with Crippen LogP contribution in [-0.2, 0) is 14.3 Å². The maximum absolute atomic E-state index is 11.9. The molecule has 0 unspecified atom stereocenters. The molecule has 0 aromatic rings. The molecular formula is C12H24N2O3. The third-order valence-corrected chi connectivity index (χ3v) is 2.06. The first-order chi connectivity index (χ1) is 7.63. The summed E-state index contributed by atoms with van der Waals surface area (Å²) in [6.07, 6.45) is 0.214. The molecule has 0 fully saturated rings. The van der Waals surface area contributed by atoms with Crippen LogP contribution in [0, 0.1) is 5.92 Å². The first-order valence-electron chi connectivity index (χ1n) is 5.88. The number of carbonyl (C=O) groups excluding carboxylic acids is 2. The largest absolute Gasteiger partial charge is 0.459 e. The van der Waals surface area contributed by atoms with E-state index in [0.717, 1.165) is 0 Å². The van der Waals surface area contributed by atoms with Crippen molar-refractivity contribution in [1.82, 2.24) is 5.32 Å². The van der Waals surface area contributed by atoms with Crippen LogP contribution in [-0.4, -0.2) is 30.1 Å². The van der Waals surface area contributed by atoms with Crippen LogP contribution in [0.25, 0.3) is 0 Å². The van der Waals surface area contributed by atoms with Crippen LogP contribution in [0.15, 0.2) is 0 Å². The molecule has 0 aromatic heterocycles. The van der Waals surface area contributed by atoms with E-state index in [1.807, 2.05) is 34.6 Å². The third-order valence-electron chi connectivity index (χ3n) is 2.06. The molecule has 5 nitrogen and oxygen atoms in total. The van der Waals surface area contributed by atoms with E-state index in [2.05, 4.69) is 5.32 Å². The zero-order valence-electron chi connectivity index (χ0n) is 11.4. The van der Waals surface area contributed by atoms with Crippen molar-refractivity contribution in [3.63, 3.8) is 0 Å². The summed E-state index contributed by atoms with van der Waals surface area (Å²) < 4.78 is 5.30. The normalized spacial score (nSPS) is 13.5. The smallest absolute Gasteiger partial charge is 0.323 e. The molecule has 0 rings (SSSR count). The Kier molecular flexibility index (Phi) is 6.16. The highest BCUT2D eigenvalue weighted by molar-refractivity contribution is 5.77. The number of nitrogens with one attached hydrogen (secondary N) is 1. The Balaban J connectivity index is 4.32. The van der Waals surface area contributed by atoms with Gasteiger partial charge in [-0.05, 0) is 26.7 Å². The predicted octanol–water partition coefficient (Wildman–Crippen LogP) is 0.818. The number of rotatable bonds is 6. The fourth-order valence-electron chi connectivity index (χ4n) is 1.31. The highest BCUT2D eigenvalue weighted by atomic mass is 16.6. The molecule has 0 aliphatic rings. The van der Waals surface area contributed by atoms with Crippen LogP contribution in [0.4, 0.5) is 0 Å². The lowest BCUT2D eigenvalue weighted by atomic mass is 10.0. The van der Waals surface area contributed by atoms with Gasteiger partial charge in [-0.25, -0.2) is 0 Å². The summed E-state index contributed by atoms with van der Waals surface area (Å²) in [5, 5.41) is 3.00. The highest BCUT2D eigenvalue weighted by Gasteiger charge is 2.27. The lowest BCUT2D eigenvalue weighted by molar-refractivity contribution is -0.158. The predicted molar refractivity (Wildman–Crippen MR) is 66.3 cm³/mol. The molecule has 0 aromatic carbocycles. The average molecular weight is 244 g/mol. The minimum atomic E-state index is -0.504. The molecule has 17 heavy (non-hydrogen) atoms. The fraction of sp³-hybridized carbons (Fsp3) is 0.833. The van der Waals surface area contributed by atoms with E-state index in [1.165, 1.54) is 0 Å². The molecule has 5 heteroatoms. The van der Waals surface area contributed by atoms with Crippen molar-refractivity contribution in [2.75, 3.05) is 6.54 Å². The molecule has 1 amide bonds. The van der Waals surface area contributed by atoms with Gasteiger partial charge in [0.15, 0.2) is 0 Å². The second kappa shape index (κ2) is 6.59. The Hall–Kier alpha value is -1.10. The molecule has 0 bridgehead atoms. The standard InChI is InChI=1S/C12H24N2O3/c1-8(2)10(14-7-6-9(13)15)11(16)17-12(3,4)5/h8,10,14H,6-7H2,1-5H3,(H2,13,15)/t10-/m0/s1. The Labute approximate surface area is 103 Å². The van der Waals surface area contributed by atoms with Crippen LogP contribution in [0.2, 0.25) is 0 Å². The minimum absolute atomic E-state index is 0.0951. The Bertz CT molecular complexity index is 269. The van der Waals surface area contributed by atoms with Crippen LogP contribution < -0.4 is 11.1 Å². The molecule has 1 atom stereocenters. The van der Waals surface area contributed by atoms with Crippen LogP contribution in [0.3, 0.4) is 0 Å². The lowest BCUT2D eigenvalue weighted by Gasteiger charge is -2.26. The van der Waals surface area contributed by atoms with Crippen molar-refractivity contribution in [3.8, 4) is 0 Å². The molecule has 100 valence electrons. The van der Waals surface area contributed by atoms with E-state index in [1.54, 1.807) is 0 Å². The molecule has 0 saturated heterocycles. The van der Waals surface area contributed by atoms with Gasteiger partial charge < -0.3 is 15.8 Å². The monoisotopic (exact) mass is 244 g/mol. The molecule has 0 saturated carbocycles. The van der Waals surface area contributed by atoms with E-state index in [0.29, 0.717) is 6.54 Å². The number of nitrogens with two attached hydrogens (primary N) is 1. The van der Waals surface area contributed by atoms with Gasteiger partial charge in [0.2, 0.25) is 5.91 Å². The number of esters is 1. The lowest BCUT2D eigenvalue weighted by Crippen LogP contribution is -2.45. The van der Waals surface area contributed by atoms with Crippen LogP contribution >= 0.6 is 0 Å². The molecule has 0 heterocycles. The SMILES string of the molecule is CC(C)[C@H](NCCC(N)=O)C(=O)OC(C)(C)C. The van der Waals surface area contributed by atoms with Gasteiger partial charge in [-0.3, -0.25) is 9.59 Å². The summed E-state index contributed by atoms with van der Waals surface area (Å²) in [6.45, 7) is 9.71. The van der Waals surface area contributed by atoms with Crippen molar-refractivity contribution in [3.05, 3.63) is 0 Å². The minimum Gasteiger partial charge on any atom is -0.459 e. The van der Waals surface area contributed by atoms with Gasteiger partial charge in [-0.1, -0.05) is 13.8 Å². The second-order valence-electron chi connectivity index (χ2n) is 5.43. The maximum atomic E-state index is 11.9. The molecule has 0 aliphatic heterocycles. The summed E-state index contributed by atoms with van der Waals surface area (Å²) >= 11 is 0. The van der Waals surface area contributed by atoms with Gasteiger partial charge in [0.1, 0.15) is 11.6 Å². The summed E-state index contributed by atoms with van der Waals surface area (Å²) in [4.78, 5) is 22.5. The molecule has 0 radical (unpaired) electrons. The summed E-state index contributed by atoms with van der Waals surface area (Å²) in [5.41, 5.74) is 4.53. The molecular weight excluding hydrogens is 220 g/mol. The third kappa shape index (κ3) is 7.74. The Morgan fingerprint density at radius 2 is 1.82 bits per heavy atom. The first-order valence-corrected chi connectivity index (χ1v) is 5.88. The van der Waals surface area contributed by atoms with Gasteiger partial charge >= 0.3 is 5.97 Å². The van der Waals surface area contributed by atoms with E-state index in [9.17, 15) is 9.59 Å². The van der Waals surface area contributed by atoms with E-state index in [4.69, 9.17) is 10.5 Å². The van der Waals surface area contributed by atoms with Gasteiger partial charge in [0.25, 0.3) is 0 Å². The Morgan fingerprint density at radius 1 is 1.29 bits per heavy atom. The fourth-order valence-corrected chi connectivity index (χ4v) is 1.31. The number of hydrogen-bond acceptors (Lipinski definition) is 4. The second-order valence-corrected chi connectivity index (χ2v) is 5.43. The van der Waals surface area contributed by atoms with Gasteiger partial charge in [-0.2, -0.15) is 0 Å². The number of carbonyl (C=O) groups is 2. The van der Waals surface area contributed by atoms with Crippen molar-refractivity contribution >= 4 is 11.9 Å².